The Morgan fingerprint density at radius 2 is 1.82 bits per heavy atom. The summed E-state index contributed by atoms with van der Waals surface area (Å²) in [5.41, 5.74) is -1.00. The lowest BCUT2D eigenvalue weighted by molar-refractivity contribution is -0.158. The zero-order chi connectivity index (χ0) is 28.5. The number of likely N-dealkylation sites (N-methyl/N-ethyl adjacent to an activating group) is 1. The van der Waals surface area contributed by atoms with Crippen molar-refractivity contribution < 1.29 is 24.2 Å². The van der Waals surface area contributed by atoms with Gasteiger partial charge in [-0.1, -0.05) is 49.4 Å². The molecule has 2 unspecified atom stereocenters. The number of hydrogen-bond acceptors (Lipinski definition) is 5. The second-order valence-corrected chi connectivity index (χ2v) is 11.5. The molecule has 6 atom stereocenters. The molecule has 3 aliphatic heterocycles. The molecule has 212 valence electrons. The van der Waals surface area contributed by atoms with E-state index in [2.05, 4.69) is 13.2 Å². The van der Waals surface area contributed by atoms with E-state index in [1.54, 1.807) is 33.9 Å². The summed E-state index contributed by atoms with van der Waals surface area (Å²) in [5.74, 6) is -2.20. The van der Waals surface area contributed by atoms with Gasteiger partial charge in [-0.15, -0.1) is 13.2 Å². The molecule has 3 heterocycles. The van der Waals surface area contributed by atoms with Gasteiger partial charge in [0.2, 0.25) is 17.7 Å². The van der Waals surface area contributed by atoms with Crippen molar-refractivity contribution in [3.63, 3.8) is 0 Å². The Morgan fingerprint density at radius 1 is 1.15 bits per heavy atom. The van der Waals surface area contributed by atoms with Gasteiger partial charge in [-0.2, -0.15) is 0 Å². The third-order valence-corrected chi connectivity index (χ3v) is 9.05. The summed E-state index contributed by atoms with van der Waals surface area (Å²) in [4.78, 5) is 47.7. The maximum absolute atomic E-state index is 14.5. The predicted octanol–water partition coefficient (Wildman–Crippen LogP) is 2.81. The van der Waals surface area contributed by atoms with E-state index >= 15 is 0 Å². The van der Waals surface area contributed by atoms with Crippen molar-refractivity contribution in [1.82, 2.24) is 14.7 Å². The molecule has 0 saturated carbocycles. The predicted molar refractivity (Wildman–Crippen MR) is 150 cm³/mol. The molecule has 1 aromatic carbocycles. The highest BCUT2D eigenvalue weighted by Gasteiger charge is 2.79. The number of rotatable bonds is 12. The molecule has 3 aliphatic rings. The molecule has 0 radical (unpaired) electrons. The molecule has 8 nitrogen and oxygen atoms in total. The molecule has 8 heteroatoms. The van der Waals surface area contributed by atoms with E-state index in [0.717, 1.165) is 5.56 Å². The van der Waals surface area contributed by atoms with Crippen molar-refractivity contribution in [2.75, 3.05) is 26.7 Å². The summed E-state index contributed by atoms with van der Waals surface area (Å²) in [6, 6.07) is 7.90. The van der Waals surface area contributed by atoms with Crippen LogP contribution in [0.2, 0.25) is 0 Å². The molecule has 1 spiro atoms. The molecule has 3 fully saturated rings. The number of amides is 3. The molecule has 3 saturated heterocycles. The van der Waals surface area contributed by atoms with Crippen LogP contribution in [0.5, 0.6) is 0 Å². The van der Waals surface area contributed by atoms with Gasteiger partial charge in [0.05, 0.1) is 30.1 Å². The van der Waals surface area contributed by atoms with Gasteiger partial charge in [-0.05, 0) is 45.1 Å². The van der Waals surface area contributed by atoms with Crippen LogP contribution in [0.25, 0.3) is 0 Å². The van der Waals surface area contributed by atoms with E-state index in [1.807, 2.05) is 51.1 Å². The summed E-state index contributed by atoms with van der Waals surface area (Å²) in [6.07, 6.45) is 5.38. The minimum Gasteiger partial charge on any atom is -0.394 e. The monoisotopic (exact) mass is 537 g/mol. The highest BCUT2D eigenvalue weighted by Crippen LogP contribution is 2.65. The second kappa shape index (κ2) is 11.3. The highest BCUT2D eigenvalue weighted by atomic mass is 16.5. The number of carbonyl (C=O) groups is 3. The van der Waals surface area contributed by atoms with E-state index in [1.165, 1.54) is 0 Å². The first-order valence-corrected chi connectivity index (χ1v) is 14.1. The van der Waals surface area contributed by atoms with Gasteiger partial charge in [-0.3, -0.25) is 14.4 Å². The van der Waals surface area contributed by atoms with Gasteiger partial charge in [0, 0.05) is 26.2 Å². The van der Waals surface area contributed by atoms with Crippen molar-refractivity contribution in [2.45, 2.75) is 75.8 Å². The second-order valence-electron chi connectivity index (χ2n) is 11.5. The summed E-state index contributed by atoms with van der Waals surface area (Å²) in [5, 5.41) is 10.6. The number of hydrogen-bond donors (Lipinski definition) is 1. The number of likely N-dealkylation sites (tertiary alicyclic amines) is 1. The molecule has 2 bridgehead atoms. The fraction of sp³-hybridized carbons (Fsp3) is 0.581. The first-order chi connectivity index (χ1) is 18.6. The van der Waals surface area contributed by atoms with Crippen LogP contribution in [0.1, 0.15) is 45.6 Å². The van der Waals surface area contributed by atoms with Crippen LogP contribution in [-0.2, 0) is 25.5 Å². The molecule has 4 rings (SSSR count). The van der Waals surface area contributed by atoms with Crippen LogP contribution >= 0.6 is 0 Å². The number of carbonyl (C=O) groups excluding carboxylic acids is 3. The Balaban J connectivity index is 1.85. The molecule has 1 N–H and O–H groups in total. The minimum absolute atomic E-state index is 0.139. The maximum Gasteiger partial charge on any atom is 0.248 e. The fourth-order valence-electron chi connectivity index (χ4n) is 7.21. The molecular formula is C31H43N3O5. The van der Waals surface area contributed by atoms with E-state index in [4.69, 9.17) is 4.74 Å². The summed E-state index contributed by atoms with van der Waals surface area (Å²) in [7, 11) is 1.71. The van der Waals surface area contributed by atoms with Gasteiger partial charge in [-0.25, -0.2) is 0 Å². The van der Waals surface area contributed by atoms with Crippen molar-refractivity contribution in [3.05, 3.63) is 61.2 Å². The average Bonchev–Trinajstić information content (AvgIpc) is 3.53. The van der Waals surface area contributed by atoms with E-state index in [-0.39, 0.29) is 30.4 Å². The van der Waals surface area contributed by atoms with Crippen LogP contribution in [0.4, 0.5) is 0 Å². The normalized spacial score (nSPS) is 29.8. The number of fused-ring (bicyclic) bond motifs is 1. The van der Waals surface area contributed by atoms with Crippen molar-refractivity contribution in [3.8, 4) is 0 Å². The lowest BCUT2D eigenvalue weighted by Gasteiger charge is -2.40. The number of nitrogens with zero attached hydrogens (tertiary/aromatic N) is 3. The quantitative estimate of drug-likeness (QED) is 0.414. The number of ether oxygens (including phenoxy) is 1. The first kappa shape index (κ1) is 29.0. The van der Waals surface area contributed by atoms with Gasteiger partial charge in [0.15, 0.2) is 0 Å². The fourth-order valence-corrected chi connectivity index (χ4v) is 7.21. The first-order valence-electron chi connectivity index (χ1n) is 14.1. The largest absolute Gasteiger partial charge is 0.394 e. The number of aliphatic hydroxyl groups is 1. The standard InChI is InChI=1S/C31H43N3O5/c1-7-17-32(6)27(36)24-25-28(37)34(23(20-35)19-22-13-11-10-12-14-22)26(29(38)33(18-8-2)21(4)5)31(25)16-15-30(24,9-3)39-31/h7-8,10-14,21,23-26,35H,1-2,9,15-20H2,3-6H3/t23-,24+,25+,26?,30-,31?/m1/s1. The van der Waals surface area contributed by atoms with E-state index in [0.29, 0.717) is 38.8 Å². The molecule has 0 aliphatic carbocycles. The Kier molecular flexibility index (Phi) is 8.38. The SMILES string of the molecule is C=CCN(C)C(=O)[C@@H]1[C@H]2C(=O)N([C@@H](CO)Cc3ccccc3)C(C(=O)N(CC=C)C(C)C)C23CC[C@@]1(CC)O3. The number of benzene rings is 1. The van der Waals surface area contributed by atoms with Crippen LogP contribution in [-0.4, -0.2) is 93.6 Å². The van der Waals surface area contributed by atoms with Crippen molar-refractivity contribution >= 4 is 17.7 Å². The van der Waals surface area contributed by atoms with Crippen molar-refractivity contribution in [1.29, 1.82) is 0 Å². The summed E-state index contributed by atoms with van der Waals surface area (Å²) >= 11 is 0. The third kappa shape index (κ3) is 4.61. The summed E-state index contributed by atoms with van der Waals surface area (Å²) in [6.45, 7) is 13.8. The van der Waals surface area contributed by atoms with Crippen LogP contribution < -0.4 is 0 Å². The zero-order valence-electron chi connectivity index (χ0n) is 23.7. The maximum atomic E-state index is 14.5. The van der Waals surface area contributed by atoms with Gasteiger partial charge < -0.3 is 24.5 Å². The van der Waals surface area contributed by atoms with Gasteiger partial charge in [0.25, 0.3) is 0 Å². The number of aliphatic hydroxyl groups excluding tert-OH is 1. The minimum atomic E-state index is -1.14. The molecule has 0 aromatic heterocycles. The molecule has 39 heavy (non-hydrogen) atoms. The molecule has 1 aromatic rings. The molecule has 3 amide bonds. The third-order valence-electron chi connectivity index (χ3n) is 9.05. The highest BCUT2D eigenvalue weighted by molar-refractivity contribution is 5.99. The summed E-state index contributed by atoms with van der Waals surface area (Å²) < 4.78 is 6.88. The molecular weight excluding hydrogens is 494 g/mol. The smallest absolute Gasteiger partial charge is 0.248 e. The Labute approximate surface area is 232 Å². The average molecular weight is 538 g/mol. The van der Waals surface area contributed by atoms with E-state index < -0.39 is 35.1 Å². The van der Waals surface area contributed by atoms with E-state index in [9.17, 15) is 19.5 Å². The lowest BCUT2D eigenvalue weighted by atomic mass is 9.64. The Bertz CT molecular complexity index is 1110. The van der Waals surface area contributed by atoms with Crippen LogP contribution in [0, 0.1) is 11.8 Å². The van der Waals surface area contributed by atoms with Crippen LogP contribution in [0.3, 0.4) is 0 Å². The topological polar surface area (TPSA) is 90.4 Å². The Hall–Kier alpha value is -2.97. The zero-order valence-corrected chi connectivity index (χ0v) is 23.7. The van der Waals surface area contributed by atoms with Gasteiger partial charge in [0.1, 0.15) is 11.6 Å². The van der Waals surface area contributed by atoms with Crippen LogP contribution in [0.15, 0.2) is 55.6 Å². The van der Waals surface area contributed by atoms with Gasteiger partial charge >= 0.3 is 0 Å². The van der Waals surface area contributed by atoms with Crippen molar-refractivity contribution in [2.24, 2.45) is 11.8 Å². The Morgan fingerprint density at radius 3 is 2.38 bits per heavy atom. The lowest BCUT2D eigenvalue weighted by Crippen LogP contribution is -2.60.